The molecule has 0 aromatic heterocycles. The molecule has 1 aliphatic carbocycles. The van der Waals surface area contributed by atoms with Crippen LogP contribution in [-0.4, -0.2) is 23.0 Å². The summed E-state index contributed by atoms with van der Waals surface area (Å²) in [6.45, 7) is 0. The van der Waals surface area contributed by atoms with Gasteiger partial charge in [-0.15, -0.1) is 0 Å². The highest BCUT2D eigenvalue weighted by atomic mass is 35.5. The molecule has 1 aromatic carbocycles. The third-order valence-electron chi connectivity index (χ3n) is 3.50. The maximum atomic E-state index is 11.9. The van der Waals surface area contributed by atoms with E-state index in [0.29, 0.717) is 29.3 Å². The van der Waals surface area contributed by atoms with Crippen molar-refractivity contribution < 1.29 is 14.7 Å². The number of hydrogen-bond donors (Lipinski definition) is 2. The van der Waals surface area contributed by atoms with E-state index < -0.39 is 5.97 Å². The number of rotatable bonds is 4. The second kappa shape index (κ2) is 6.46. The van der Waals surface area contributed by atoms with Gasteiger partial charge < -0.3 is 10.4 Å². The van der Waals surface area contributed by atoms with Crippen LogP contribution in [0.25, 0.3) is 0 Å². The van der Waals surface area contributed by atoms with Gasteiger partial charge in [-0.25, -0.2) is 0 Å². The van der Waals surface area contributed by atoms with Crippen molar-refractivity contribution in [3.8, 4) is 0 Å². The molecule has 6 heteroatoms. The Kier molecular flexibility index (Phi) is 4.89. The number of carbonyl (C=O) groups excluding carboxylic acids is 1. The molecule has 20 heavy (non-hydrogen) atoms. The molecule has 1 aliphatic rings. The Hall–Kier alpha value is -1.26. The number of amides is 1. The van der Waals surface area contributed by atoms with E-state index in [9.17, 15) is 9.59 Å². The van der Waals surface area contributed by atoms with Crippen LogP contribution in [0.3, 0.4) is 0 Å². The van der Waals surface area contributed by atoms with Crippen molar-refractivity contribution in [3.63, 3.8) is 0 Å². The first-order valence-electron chi connectivity index (χ1n) is 6.42. The van der Waals surface area contributed by atoms with Crippen LogP contribution >= 0.6 is 23.2 Å². The number of nitrogens with one attached hydrogen (secondary N) is 1. The first-order valence-corrected chi connectivity index (χ1v) is 7.17. The van der Waals surface area contributed by atoms with Crippen LogP contribution in [0.4, 0.5) is 0 Å². The highest BCUT2D eigenvalue weighted by Crippen LogP contribution is 2.26. The number of hydrogen-bond acceptors (Lipinski definition) is 2. The average molecular weight is 316 g/mol. The number of carboxylic acid groups (broad SMARTS) is 1. The van der Waals surface area contributed by atoms with Crippen molar-refractivity contribution in [3.05, 3.63) is 33.8 Å². The number of carbonyl (C=O) groups is 2. The lowest BCUT2D eigenvalue weighted by atomic mass is 10.1. The molecule has 0 spiro atoms. The summed E-state index contributed by atoms with van der Waals surface area (Å²) in [5, 5.41) is 12.7. The predicted molar refractivity (Wildman–Crippen MR) is 77.1 cm³/mol. The fourth-order valence-electron chi connectivity index (χ4n) is 2.45. The van der Waals surface area contributed by atoms with Gasteiger partial charge in [-0.05, 0) is 37.0 Å². The molecule has 1 amide bonds. The minimum absolute atomic E-state index is 0.0497. The predicted octanol–water partition coefficient (Wildman–Crippen LogP) is 2.91. The Balaban J connectivity index is 1.87. The third-order valence-corrected chi connectivity index (χ3v) is 4.23. The Morgan fingerprint density at radius 2 is 2.00 bits per heavy atom. The topological polar surface area (TPSA) is 66.4 Å². The number of halogens is 2. The minimum atomic E-state index is -0.786. The molecule has 2 atom stereocenters. The molecule has 0 bridgehead atoms. The normalized spacial score (nSPS) is 21.7. The van der Waals surface area contributed by atoms with Crippen LogP contribution in [0.2, 0.25) is 10.0 Å². The molecule has 0 radical (unpaired) electrons. The summed E-state index contributed by atoms with van der Waals surface area (Å²) < 4.78 is 0. The summed E-state index contributed by atoms with van der Waals surface area (Å²) in [7, 11) is 0. The van der Waals surface area contributed by atoms with Crippen molar-refractivity contribution >= 4 is 35.1 Å². The molecule has 4 nitrogen and oxygen atoms in total. The molecular weight excluding hydrogens is 301 g/mol. The van der Waals surface area contributed by atoms with Gasteiger partial charge in [0.15, 0.2) is 0 Å². The third kappa shape index (κ3) is 3.87. The monoisotopic (exact) mass is 315 g/mol. The largest absolute Gasteiger partial charge is 0.481 e. The van der Waals surface area contributed by atoms with E-state index in [4.69, 9.17) is 28.3 Å². The maximum absolute atomic E-state index is 11.9. The van der Waals surface area contributed by atoms with Crippen LogP contribution < -0.4 is 5.32 Å². The summed E-state index contributed by atoms with van der Waals surface area (Å²) in [4.78, 5) is 22.8. The highest BCUT2D eigenvalue weighted by Gasteiger charge is 2.30. The average Bonchev–Trinajstić information content (AvgIpc) is 2.82. The minimum Gasteiger partial charge on any atom is -0.481 e. The van der Waals surface area contributed by atoms with Gasteiger partial charge >= 0.3 is 5.97 Å². The fourth-order valence-corrected chi connectivity index (χ4v) is 2.77. The number of carboxylic acids is 1. The molecule has 0 aliphatic heterocycles. The van der Waals surface area contributed by atoms with Gasteiger partial charge in [0.05, 0.1) is 22.4 Å². The second-order valence-electron chi connectivity index (χ2n) is 5.04. The van der Waals surface area contributed by atoms with Crippen molar-refractivity contribution in [1.82, 2.24) is 5.32 Å². The van der Waals surface area contributed by atoms with Crippen molar-refractivity contribution in [1.29, 1.82) is 0 Å². The molecule has 1 fully saturated rings. The highest BCUT2D eigenvalue weighted by molar-refractivity contribution is 6.42. The first-order chi connectivity index (χ1) is 9.45. The van der Waals surface area contributed by atoms with E-state index in [0.717, 1.165) is 5.56 Å². The van der Waals surface area contributed by atoms with Crippen LogP contribution in [0.5, 0.6) is 0 Å². The number of aliphatic carboxylic acids is 1. The molecule has 0 saturated heterocycles. The maximum Gasteiger partial charge on any atom is 0.306 e. The van der Waals surface area contributed by atoms with Gasteiger partial charge in [0.1, 0.15) is 0 Å². The molecule has 1 saturated carbocycles. The Morgan fingerprint density at radius 1 is 1.25 bits per heavy atom. The Labute approximate surface area is 127 Å². The molecule has 1 aromatic rings. The van der Waals surface area contributed by atoms with Gasteiger partial charge in [0, 0.05) is 6.04 Å². The Morgan fingerprint density at radius 3 is 2.60 bits per heavy atom. The summed E-state index contributed by atoms with van der Waals surface area (Å²) in [6, 6.07) is 5.02. The summed E-state index contributed by atoms with van der Waals surface area (Å²) in [5.74, 6) is -1.25. The molecular formula is C14H15Cl2NO3. The zero-order chi connectivity index (χ0) is 14.7. The van der Waals surface area contributed by atoms with Crippen molar-refractivity contribution in [2.24, 2.45) is 5.92 Å². The lowest BCUT2D eigenvalue weighted by Gasteiger charge is -2.12. The van der Waals surface area contributed by atoms with E-state index in [2.05, 4.69) is 5.32 Å². The molecule has 0 unspecified atom stereocenters. The van der Waals surface area contributed by atoms with E-state index in [1.54, 1.807) is 18.2 Å². The Bertz CT molecular complexity index is 533. The first kappa shape index (κ1) is 15.1. The summed E-state index contributed by atoms with van der Waals surface area (Å²) in [6.07, 6.45) is 2.05. The van der Waals surface area contributed by atoms with Gasteiger partial charge in [0.25, 0.3) is 0 Å². The zero-order valence-corrected chi connectivity index (χ0v) is 12.2. The molecule has 2 N–H and O–H groups in total. The van der Waals surface area contributed by atoms with Crippen LogP contribution in [-0.2, 0) is 16.0 Å². The van der Waals surface area contributed by atoms with Crippen LogP contribution in [0.1, 0.15) is 24.8 Å². The summed E-state index contributed by atoms with van der Waals surface area (Å²) in [5.41, 5.74) is 0.782. The quantitative estimate of drug-likeness (QED) is 0.897. The van der Waals surface area contributed by atoms with E-state index >= 15 is 0 Å². The number of benzene rings is 1. The summed E-state index contributed by atoms with van der Waals surface area (Å²) >= 11 is 11.7. The van der Waals surface area contributed by atoms with E-state index in [1.165, 1.54) is 0 Å². The molecule has 0 heterocycles. The van der Waals surface area contributed by atoms with Crippen molar-refractivity contribution in [2.75, 3.05) is 0 Å². The van der Waals surface area contributed by atoms with Gasteiger partial charge in [0.2, 0.25) is 5.91 Å². The molecule has 108 valence electrons. The van der Waals surface area contributed by atoms with E-state index in [1.807, 2.05) is 0 Å². The fraction of sp³-hybridized carbons (Fsp3) is 0.429. The lowest BCUT2D eigenvalue weighted by Crippen LogP contribution is -2.34. The van der Waals surface area contributed by atoms with Gasteiger partial charge in [-0.3, -0.25) is 9.59 Å². The second-order valence-corrected chi connectivity index (χ2v) is 5.85. The van der Waals surface area contributed by atoms with Crippen molar-refractivity contribution in [2.45, 2.75) is 31.7 Å². The van der Waals surface area contributed by atoms with Gasteiger partial charge in [-0.2, -0.15) is 0 Å². The lowest BCUT2D eigenvalue weighted by molar-refractivity contribution is -0.141. The van der Waals surface area contributed by atoms with Crippen LogP contribution in [0.15, 0.2) is 18.2 Å². The van der Waals surface area contributed by atoms with Crippen LogP contribution in [0, 0.1) is 5.92 Å². The zero-order valence-electron chi connectivity index (χ0n) is 10.7. The van der Waals surface area contributed by atoms with E-state index in [-0.39, 0.29) is 24.3 Å². The van der Waals surface area contributed by atoms with Gasteiger partial charge in [-0.1, -0.05) is 29.3 Å². The molecule has 2 rings (SSSR count). The smallest absolute Gasteiger partial charge is 0.306 e. The standard InChI is InChI=1S/C14H15Cl2NO3/c15-11-4-1-8(5-12(11)16)6-13(18)17-10-3-2-9(7-10)14(19)20/h1,4-5,9-10H,2-3,6-7H2,(H,17,18)(H,19,20)/t9-,10+/m0/s1. The SMILES string of the molecule is O=C(Cc1ccc(Cl)c(Cl)c1)N[C@@H]1CC[C@H](C(=O)O)C1.